The third kappa shape index (κ3) is 14.2. The van der Waals surface area contributed by atoms with E-state index < -0.39 is 7.82 Å². The van der Waals surface area contributed by atoms with Gasteiger partial charge in [0, 0.05) is 6.42 Å². The molecule has 0 spiro atoms. The number of likely N-dealkylation sites (N-methyl/N-ethyl adjacent to an activating group) is 1. The van der Waals surface area contributed by atoms with E-state index in [1.165, 1.54) is 77.0 Å². The molecule has 2 atom stereocenters. The highest BCUT2D eigenvalue weighted by Gasteiger charge is 2.32. The number of quaternary nitrogens is 1. The lowest BCUT2D eigenvalue weighted by Gasteiger charge is -2.42. The van der Waals surface area contributed by atoms with Crippen LogP contribution in [0.1, 0.15) is 116 Å². The molecule has 1 heterocycles. The predicted octanol–water partition coefficient (Wildman–Crippen LogP) is 6.60. The van der Waals surface area contributed by atoms with Crippen LogP contribution in [-0.2, 0) is 13.6 Å². The Morgan fingerprint density at radius 3 is 1.80 bits per heavy atom. The van der Waals surface area contributed by atoms with E-state index in [1.54, 1.807) is 0 Å². The number of phosphoric acid groups is 1. The van der Waals surface area contributed by atoms with Crippen molar-refractivity contribution in [2.45, 2.75) is 122 Å². The first-order valence-corrected chi connectivity index (χ1v) is 14.3. The maximum atomic E-state index is 12.0. The normalized spacial score (nSPS) is 20.9. The minimum absolute atomic E-state index is 0.241. The Hall–Kier alpha value is 0.0700. The standard InChI is InChI=1S/C24H50NO4P/c1-4-5-6-7-8-9-10-11-12-13-14-15-16-19-22-28-30(26,27)29-23-24-20-17-18-21-25(24,2)3/h24H,4-23H2,1-3H3. The smallest absolute Gasteiger partial charge is 0.268 e. The van der Waals surface area contributed by atoms with Crippen LogP contribution in [-0.4, -0.2) is 44.4 Å². The van der Waals surface area contributed by atoms with Gasteiger partial charge in [0.15, 0.2) is 0 Å². The van der Waals surface area contributed by atoms with Gasteiger partial charge in [-0.1, -0.05) is 90.4 Å². The second-order valence-electron chi connectivity index (χ2n) is 9.82. The summed E-state index contributed by atoms with van der Waals surface area (Å²) in [5, 5.41) is 0. The van der Waals surface area contributed by atoms with E-state index in [1.807, 2.05) is 0 Å². The Kier molecular flexibility index (Phi) is 15.6. The number of unbranched alkanes of at least 4 members (excludes halogenated alkanes) is 13. The van der Waals surface area contributed by atoms with Crippen LogP contribution >= 0.6 is 7.82 Å². The van der Waals surface area contributed by atoms with Crippen molar-refractivity contribution in [3.8, 4) is 0 Å². The molecule has 0 aliphatic carbocycles. The summed E-state index contributed by atoms with van der Waals surface area (Å²) in [6.45, 7) is 3.84. The van der Waals surface area contributed by atoms with Crippen LogP contribution in [0.25, 0.3) is 0 Å². The van der Waals surface area contributed by atoms with Crippen LogP contribution in [0.5, 0.6) is 0 Å². The Bertz CT molecular complexity index is 458. The number of rotatable bonds is 19. The van der Waals surface area contributed by atoms with Crippen molar-refractivity contribution in [1.29, 1.82) is 0 Å². The third-order valence-electron chi connectivity index (χ3n) is 6.68. The molecule has 0 N–H and O–H groups in total. The van der Waals surface area contributed by atoms with E-state index in [0.717, 1.165) is 43.1 Å². The van der Waals surface area contributed by atoms with Gasteiger partial charge in [-0.2, -0.15) is 0 Å². The highest BCUT2D eigenvalue weighted by Crippen LogP contribution is 2.39. The van der Waals surface area contributed by atoms with Crippen molar-refractivity contribution in [1.82, 2.24) is 0 Å². The Balaban J connectivity index is 1.90. The molecule has 1 saturated heterocycles. The van der Waals surface area contributed by atoms with Crippen molar-refractivity contribution in [3.05, 3.63) is 0 Å². The van der Waals surface area contributed by atoms with Gasteiger partial charge >= 0.3 is 0 Å². The van der Waals surface area contributed by atoms with E-state index in [0.29, 0.717) is 0 Å². The molecule has 5 nitrogen and oxygen atoms in total. The number of phosphoric ester groups is 1. The molecule has 1 aliphatic rings. The van der Waals surface area contributed by atoms with Gasteiger partial charge in [0.25, 0.3) is 7.82 Å². The molecule has 0 aromatic rings. The van der Waals surface area contributed by atoms with Gasteiger partial charge in [-0.25, -0.2) is 0 Å². The average Bonchev–Trinajstić information content (AvgIpc) is 2.69. The molecule has 6 heteroatoms. The molecule has 0 aromatic heterocycles. The SMILES string of the molecule is CCCCCCCCCCCCCCCCOP(=O)([O-])OCC1CCCC[N+]1(C)C. The number of likely N-dealkylation sites (tertiary alicyclic amines) is 1. The lowest BCUT2D eigenvalue weighted by atomic mass is 10.0. The minimum atomic E-state index is -4.16. The Morgan fingerprint density at radius 1 is 0.800 bits per heavy atom. The quantitative estimate of drug-likeness (QED) is 0.127. The molecule has 180 valence electrons. The fourth-order valence-corrected chi connectivity index (χ4v) is 5.19. The zero-order chi connectivity index (χ0) is 22.1. The van der Waals surface area contributed by atoms with Gasteiger partial charge in [-0.15, -0.1) is 0 Å². The van der Waals surface area contributed by atoms with E-state index in [4.69, 9.17) is 9.05 Å². The van der Waals surface area contributed by atoms with Gasteiger partial charge < -0.3 is 18.4 Å². The average molecular weight is 448 g/mol. The van der Waals surface area contributed by atoms with Crippen LogP contribution in [0.15, 0.2) is 0 Å². The highest BCUT2D eigenvalue weighted by atomic mass is 31.2. The first-order valence-electron chi connectivity index (χ1n) is 12.8. The van der Waals surface area contributed by atoms with E-state index in [-0.39, 0.29) is 19.3 Å². The summed E-state index contributed by atoms with van der Waals surface area (Å²) in [5.41, 5.74) is 0. The summed E-state index contributed by atoms with van der Waals surface area (Å²) in [5.74, 6) is 0. The molecule has 1 aliphatic heterocycles. The maximum Gasteiger partial charge on any atom is 0.268 e. The molecular weight excluding hydrogens is 397 g/mol. The van der Waals surface area contributed by atoms with Crippen LogP contribution in [0.4, 0.5) is 0 Å². The molecule has 30 heavy (non-hydrogen) atoms. The number of nitrogens with zero attached hydrogens (tertiary/aromatic N) is 1. The molecule has 1 fully saturated rings. The summed E-state index contributed by atoms with van der Waals surface area (Å²) >= 11 is 0. The molecule has 0 radical (unpaired) electrons. The summed E-state index contributed by atoms with van der Waals surface area (Å²) in [6.07, 6.45) is 21.3. The number of hydrogen-bond donors (Lipinski definition) is 0. The summed E-state index contributed by atoms with van der Waals surface area (Å²) < 4.78 is 23.1. The monoisotopic (exact) mass is 447 g/mol. The van der Waals surface area contributed by atoms with Gasteiger partial charge in [0.2, 0.25) is 0 Å². The lowest BCUT2D eigenvalue weighted by molar-refractivity contribution is -0.920. The Labute approximate surface area is 187 Å². The summed E-state index contributed by atoms with van der Waals surface area (Å²) in [4.78, 5) is 12.0. The topological polar surface area (TPSA) is 58.6 Å². The van der Waals surface area contributed by atoms with E-state index in [2.05, 4.69) is 21.0 Å². The first kappa shape index (κ1) is 28.1. The number of piperidine rings is 1. The highest BCUT2D eigenvalue weighted by molar-refractivity contribution is 7.45. The van der Waals surface area contributed by atoms with Crippen molar-refractivity contribution in [3.63, 3.8) is 0 Å². The van der Waals surface area contributed by atoms with Crippen molar-refractivity contribution in [2.24, 2.45) is 0 Å². The molecule has 0 saturated carbocycles. The first-order chi connectivity index (χ1) is 14.4. The lowest BCUT2D eigenvalue weighted by Crippen LogP contribution is -2.53. The zero-order valence-electron chi connectivity index (χ0n) is 20.2. The molecule has 1 rings (SSSR count). The van der Waals surface area contributed by atoms with Crippen molar-refractivity contribution < 1.29 is 23.0 Å². The molecular formula is C24H50NO4P. The van der Waals surface area contributed by atoms with E-state index >= 15 is 0 Å². The van der Waals surface area contributed by atoms with Gasteiger partial charge in [0.05, 0.1) is 27.2 Å². The van der Waals surface area contributed by atoms with Crippen molar-refractivity contribution in [2.75, 3.05) is 33.9 Å². The van der Waals surface area contributed by atoms with E-state index in [9.17, 15) is 9.46 Å². The fourth-order valence-electron chi connectivity index (χ4n) is 4.40. The van der Waals surface area contributed by atoms with Crippen LogP contribution in [0.2, 0.25) is 0 Å². The second kappa shape index (κ2) is 16.7. The second-order valence-corrected chi connectivity index (χ2v) is 11.2. The maximum absolute atomic E-state index is 12.0. The van der Waals surface area contributed by atoms with Gasteiger partial charge in [0.1, 0.15) is 12.6 Å². The van der Waals surface area contributed by atoms with Crippen LogP contribution in [0.3, 0.4) is 0 Å². The third-order valence-corrected chi connectivity index (χ3v) is 7.65. The Morgan fingerprint density at radius 2 is 1.30 bits per heavy atom. The van der Waals surface area contributed by atoms with Gasteiger partial charge in [-0.05, 0) is 19.3 Å². The van der Waals surface area contributed by atoms with Crippen molar-refractivity contribution >= 4 is 7.82 Å². The number of hydrogen-bond acceptors (Lipinski definition) is 4. The molecule has 2 unspecified atom stereocenters. The fraction of sp³-hybridized carbons (Fsp3) is 1.00. The van der Waals surface area contributed by atoms with Crippen LogP contribution in [0, 0.1) is 0 Å². The van der Waals surface area contributed by atoms with Gasteiger partial charge in [-0.3, -0.25) is 4.57 Å². The minimum Gasteiger partial charge on any atom is -0.756 e. The van der Waals surface area contributed by atoms with Crippen LogP contribution < -0.4 is 4.89 Å². The summed E-state index contributed by atoms with van der Waals surface area (Å²) in [7, 11) is 0.140. The molecule has 0 aromatic carbocycles. The molecule has 0 amide bonds. The predicted molar refractivity (Wildman–Crippen MR) is 124 cm³/mol. The summed E-state index contributed by atoms with van der Waals surface area (Å²) in [6, 6.07) is 0.241. The zero-order valence-corrected chi connectivity index (χ0v) is 21.1. The molecule has 0 bridgehead atoms. The largest absolute Gasteiger partial charge is 0.756 e.